The summed E-state index contributed by atoms with van der Waals surface area (Å²) in [5.41, 5.74) is 0.439. The molecule has 0 spiro atoms. The number of fused-ring (bicyclic) bond motifs is 4. The number of nitrogens with zero attached hydrogens (tertiary/aromatic N) is 3. The monoisotopic (exact) mass is 370 g/mol. The standard InChI is InChI=1S/C19H22N4O2S/c1-11-17(12-2-4-22(11)5-3-12)21-18(24)14-9-15-13(10-20-14)8-16(26-15)19(25)23-6-7-23/h8-12,17H,2-7H2,1H3,(H,21,24). The molecule has 2 atom stereocenters. The fourth-order valence-electron chi connectivity index (χ4n) is 4.34. The molecule has 2 bridgehead atoms. The van der Waals surface area contributed by atoms with Crippen LogP contribution in [-0.4, -0.2) is 64.9 Å². The topological polar surface area (TPSA) is 65.3 Å². The van der Waals surface area contributed by atoms with E-state index in [0.717, 1.165) is 54.0 Å². The van der Waals surface area contributed by atoms with E-state index in [-0.39, 0.29) is 17.9 Å². The summed E-state index contributed by atoms with van der Waals surface area (Å²) < 4.78 is 0.942. The predicted molar refractivity (Wildman–Crippen MR) is 101 cm³/mol. The van der Waals surface area contributed by atoms with Gasteiger partial charge in [-0.25, -0.2) is 0 Å². The first-order chi connectivity index (χ1) is 12.6. The van der Waals surface area contributed by atoms with E-state index in [1.807, 2.05) is 12.1 Å². The van der Waals surface area contributed by atoms with E-state index in [1.165, 1.54) is 11.3 Å². The Balaban J connectivity index is 1.36. The van der Waals surface area contributed by atoms with Crippen LogP contribution in [0.1, 0.15) is 39.9 Å². The van der Waals surface area contributed by atoms with Gasteiger partial charge in [0.05, 0.1) is 4.88 Å². The van der Waals surface area contributed by atoms with Gasteiger partial charge in [0.2, 0.25) is 0 Å². The van der Waals surface area contributed by atoms with Gasteiger partial charge >= 0.3 is 0 Å². The minimum atomic E-state index is -0.107. The van der Waals surface area contributed by atoms with Crippen molar-refractivity contribution in [1.82, 2.24) is 20.1 Å². The molecule has 7 heteroatoms. The van der Waals surface area contributed by atoms with E-state index in [2.05, 4.69) is 22.1 Å². The van der Waals surface area contributed by atoms with Crippen LogP contribution >= 0.6 is 11.3 Å². The summed E-state index contributed by atoms with van der Waals surface area (Å²) in [6.45, 7) is 6.18. The SMILES string of the molecule is CC1C(NC(=O)c2cc3sc(C(=O)N4CC4)cc3cn2)C2CCN1CC2. The highest BCUT2D eigenvalue weighted by Crippen LogP contribution is 2.32. The molecule has 4 fully saturated rings. The van der Waals surface area contributed by atoms with Gasteiger partial charge in [0.1, 0.15) is 5.69 Å². The van der Waals surface area contributed by atoms with Crippen molar-refractivity contribution in [3.8, 4) is 0 Å². The Bertz CT molecular complexity index is 881. The fourth-order valence-corrected chi connectivity index (χ4v) is 5.38. The molecule has 2 aromatic rings. The molecule has 0 aliphatic carbocycles. The van der Waals surface area contributed by atoms with Crippen LogP contribution in [0, 0.1) is 5.92 Å². The number of hydrogen-bond donors (Lipinski definition) is 1. The number of rotatable bonds is 3. The fraction of sp³-hybridized carbons (Fsp3) is 0.526. The molecular weight excluding hydrogens is 348 g/mol. The average molecular weight is 370 g/mol. The Hall–Kier alpha value is -1.99. The van der Waals surface area contributed by atoms with Gasteiger partial charge in [0.15, 0.2) is 0 Å². The van der Waals surface area contributed by atoms with E-state index in [9.17, 15) is 9.59 Å². The van der Waals surface area contributed by atoms with Crippen molar-refractivity contribution >= 4 is 33.2 Å². The zero-order valence-electron chi connectivity index (χ0n) is 14.8. The van der Waals surface area contributed by atoms with Crippen LogP contribution in [0.3, 0.4) is 0 Å². The Morgan fingerprint density at radius 3 is 2.65 bits per heavy atom. The summed E-state index contributed by atoms with van der Waals surface area (Å²) in [6.07, 6.45) is 4.03. The van der Waals surface area contributed by atoms with Gasteiger partial charge in [0, 0.05) is 41.5 Å². The lowest BCUT2D eigenvalue weighted by Crippen LogP contribution is -2.62. The molecule has 6 nitrogen and oxygen atoms in total. The van der Waals surface area contributed by atoms with Crippen LogP contribution < -0.4 is 5.32 Å². The van der Waals surface area contributed by atoms with Crippen molar-refractivity contribution in [2.24, 2.45) is 5.92 Å². The van der Waals surface area contributed by atoms with E-state index in [4.69, 9.17) is 0 Å². The Morgan fingerprint density at radius 2 is 1.96 bits per heavy atom. The number of piperidine rings is 3. The highest BCUT2D eigenvalue weighted by atomic mass is 32.1. The third-order valence-electron chi connectivity index (χ3n) is 6.05. The molecule has 0 aromatic carbocycles. The third kappa shape index (κ3) is 2.70. The number of hydrogen-bond acceptors (Lipinski definition) is 5. The molecule has 4 aliphatic rings. The van der Waals surface area contributed by atoms with Crippen molar-refractivity contribution < 1.29 is 9.59 Å². The number of pyridine rings is 1. The quantitative estimate of drug-likeness (QED) is 0.839. The molecule has 2 amide bonds. The van der Waals surface area contributed by atoms with Crippen LogP contribution in [0.4, 0.5) is 0 Å². The second-order valence-electron chi connectivity index (χ2n) is 7.62. The number of thiophene rings is 1. The number of amides is 2. The average Bonchev–Trinajstić information content (AvgIpc) is 3.42. The first-order valence-corrected chi connectivity index (χ1v) is 10.2. The molecule has 0 saturated carbocycles. The van der Waals surface area contributed by atoms with Crippen molar-refractivity contribution in [2.45, 2.75) is 31.8 Å². The number of aromatic nitrogens is 1. The molecule has 2 unspecified atom stereocenters. The molecule has 0 radical (unpaired) electrons. The Kier molecular flexibility index (Phi) is 3.76. The lowest BCUT2D eigenvalue weighted by Gasteiger charge is -2.49. The molecule has 136 valence electrons. The van der Waals surface area contributed by atoms with Gasteiger partial charge in [-0.05, 0) is 50.9 Å². The zero-order chi connectivity index (χ0) is 17.8. The molecule has 6 heterocycles. The van der Waals surface area contributed by atoms with Crippen LogP contribution in [0.25, 0.3) is 10.1 Å². The maximum atomic E-state index is 12.8. The Labute approximate surface area is 156 Å². The minimum absolute atomic E-state index is 0.0818. The van der Waals surface area contributed by atoms with E-state index in [0.29, 0.717) is 17.7 Å². The highest BCUT2D eigenvalue weighted by molar-refractivity contribution is 7.20. The van der Waals surface area contributed by atoms with Crippen molar-refractivity contribution in [3.63, 3.8) is 0 Å². The van der Waals surface area contributed by atoms with Gasteiger partial charge in [0.25, 0.3) is 11.8 Å². The van der Waals surface area contributed by atoms with E-state index >= 15 is 0 Å². The number of carbonyl (C=O) groups excluding carboxylic acids is 2. The van der Waals surface area contributed by atoms with E-state index < -0.39 is 0 Å². The summed E-state index contributed by atoms with van der Waals surface area (Å²) in [5, 5.41) is 4.15. The second-order valence-corrected chi connectivity index (χ2v) is 8.71. The van der Waals surface area contributed by atoms with Crippen molar-refractivity contribution in [2.75, 3.05) is 26.2 Å². The third-order valence-corrected chi connectivity index (χ3v) is 7.14. The summed E-state index contributed by atoms with van der Waals surface area (Å²) in [5.74, 6) is 0.546. The lowest BCUT2D eigenvalue weighted by atomic mass is 9.79. The van der Waals surface area contributed by atoms with Gasteiger partial charge in [-0.1, -0.05) is 0 Å². The smallest absolute Gasteiger partial charge is 0.270 e. The van der Waals surface area contributed by atoms with Crippen molar-refractivity contribution in [3.05, 3.63) is 28.9 Å². The van der Waals surface area contributed by atoms with Gasteiger partial charge < -0.3 is 10.2 Å². The van der Waals surface area contributed by atoms with Crippen molar-refractivity contribution in [1.29, 1.82) is 0 Å². The van der Waals surface area contributed by atoms with E-state index in [1.54, 1.807) is 11.1 Å². The van der Waals surface area contributed by atoms with Crippen LogP contribution in [0.5, 0.6) is 0 Å². The lowest BCUT2D eigenvalue weighted by molar-refractivity contribution is 0.0216. The molecule has 4 aliphatic heterocycles. The first-order valence-electron chi connectivity index (χ1n) is 9.34. The summed E-state index contributed by atoms with van der Waals surface area (Å²) in [6, 6.07) is 4.28. The summed E-state index contributed by atoms with van der Waals surface area (Å²) in [7, 11) is 0. The molecule has 26 heavy (non-hydrogen) atoms. The van der Waals surface area contributed by atoms with Gasteiger partial charge in [-0.2, -0.15) is 0 Å². The first kappa shape index (κ1) is 16.2. The van der Waals surface area contributed by atoms with Crippen LogP contribution in [0.2, 0.25) is 0 Å². The maximum Gasteiger partial charge on any atom is 0.270 e. The highest BCUT2D eigenvalue weighted by Gasteiger charge is 2.40. The minimum Gasteiger partial charge on any atom is -0.346 e. The predicted octanol–water partition coefficient (Wildman–Crippen LogP) is 1.96. The number of nitrogens with one attached hydrogen (secondary N) is 1. The maximum absolute atomic E-state index is 12.8. The normalized spacial score (nSPS) is 29.8. The molecule has 4 saturated heterocycles. The zero-order valence-corrected chi connectivity index (χ0v) is 15.6. The van der Waals surface area contributed by atoms with Gasteiger partial charge in [-0.15, -0.1) is 11.3 Å². The largest absolute Gasteiger partial charge is 0.346 e. The summed E-state index contributed by atoms with van der Waals surface area (Å²) >= 11 is 1.44. The summed E-state index contributed by atoms with van der Waals surface area (Å²) in [4.78, 5) is 34.3. The number of carbonyl (C=O) groups is 2. The van der Waals surface area contributed by atoms with Gasteiger partial charge in [-0.3, -0.25) is 19.5 Å². The molecule has 1 N–H and O–H groups in total. The second kappa shape index (κ2) is 6.03. The Morgan fingerprint density at radius 1 is 1.19 bits per heavy atom. The van der Waals surface area contributed by atoms with Crippen LogP contribution in [0.15, 0.2) is 18.3 Å². The van der Waals surface area contributed by atoms with Crippen LogP contribution in [-0.2, 0) is 0 Å². The molecule has 2 aromatic heterocycles. The molecule has 6 rings (SSSR count). The molecular formula is C19H22N4O2S.